The van der Waals surface area contributed by atoms with E-state index in [0.717, 1.165) is 0 Å². The molecule has 0 rings (SSSR count). The Morgan fingerprint density at radius 3 is 2.07 bits per heavy atom. The number of carboxylic acids is 2. The smallest absolute Gasteiger partial charge is 0.334 e. The van der Waals surface area contributed by atoms with Gasteiger partial charge in [0.05, 0.1) is 0 Å². The Balaban J connectivity index is 4.32. The first kappa shape index (κ1) is 12.8. The molecule has 0 saturated carbocycles. The molecule has 9 heteroatoms. The molecular weight excluding hydrogens is 218 g/mol. The zero-order chi connectivity index (χ0) is 11.4. The highest BCUT2D eigenvalue weighted by Gasteiger charge is 2.22. The number of aliphatic carboxylic acids is 2. The second kappa shape index (κ2) is 4.88. The second-order valence-corrected chi connectivity index (χ2v) is 3.60. The monoisotopic (exact) mass is 227 g/mol. The van der Waals surface area contributed by atoms with Gasteiger partial charge in [-0.25, -0.2) is 0 Å². The SMILES string of the molecule is O=C(O)CC[C@H](NS(=O)(=O)O)C(=O)O. The van der Waals surface area contributed by atoms with Crippen LogP contribution in [-0.2, 0) is 19.9 Å². The fourth-order valence-electron chi connectivity index (χ4n) is 0.680. The Morgan fingerprint density at radius 1 is 1.29 bits per heavy atom. The summed E-state index contributed by atoms with van der Waals surface area (Å²) in [6.45, 7) is 0. The number of carboxylic acid groups (broad SMARTS) is 2. The highest BCUT2D eigenvalue weighted by Crippen LogP contribution is 1.99. The summed E-state index contributed by atoms with van der Waals surface area (Å²) in [6.07, 6.45) is -0.954. The fraction of sp³-hybridized carbons (Fsp3) is 0.600. The minimum Gasteiger partial charge on any atom is -0.481 e. The van der Waals surface area contributed by atoms with Gasteiger partial charge in [0.2, 0.25) is 0 Å². The van der Waals surface area contributed by atoms with E-state index >= 15 is 0 Å². The Bertz CT molecular complexity index is 321. The van der Waals surface area contributed by atoms with E-state index in [2.05, 4.69) is 0 Å². The third kappa shape index (κ3) is 6.34. The minimum absolute atomic E-state index is 0.440. The Hall–Kier alpha value is -1.19. The van der Waals surface area contributed by atoms with Crippen molar-refractivity contribution < 1.29 is 32.8 Å². The van der Waals surface area contributed by atoms with Crippen molar-refractivity contribution in [2.24, 2.45) is 0 Å². The zero-order valence-corrected chi connectivity index (χ0v) is 7.69. The molecule has 0 aliphatic rings. The molecule has 0 fully saturated rings. The van der Waals surface area contributed by atoms with E-state index in [4.69, 9.17) is 14.8 Å². The predicted octanol–water partition coefficient (Wildman–Crippen LogP) is -1.30. The molecule has 14 heavy (non-hydrogen) atoms. The minimum atomic E-state index is -4.64. The molecule has 82 valence electrons. The fourth-order valence-corrected chi connectivity index (χ4v) is 1.26. The van der Waals surface area contributed by atoms with Crippen LogP contribution in [0.15, 0.2) is 0 Å². The molecule has 0 aromatic carbocycles. The molecule has 0 amide bonds. The standard InChI is InChI=1S/C5H9NO7S/c7-4(8)2-1-3(5(9)10)6-14(11,12)13/h3,6H,1-2H2,(H,7,8)(H,9,10)(H,11,12,13)/t3-/m0/s1. The molecule has 0 heterocycles. The van der Waals surface area contributed by atoms with Crippen molar-refractivity contribution in [1.82, 2.24) is 4.72 Å². The maximum absolute atomic E-state index is 10.4. The quantitative estimate of drug-likeness (QED) is 0.413. The van der Waals surface area contributed by atoms with E-state index in [-0.39, 0.29) is 0 Å². The highest BCUT2D eigenvalue weighted by molar-refractivity contribution is 7.83. The average Bonchev–Trinajstić information content (AvgIpc) is 1.94. The van der Waals surface area contributed by atoms with Crippen molar-refractivity contribution in [3.63, 3.8) is 0 Å². The molecule has 0 saturated heterocycles. The van der Waals surface area contributed by atoms with Gasteiger partial charge in [-0.2, -0.15) is 13.1 Å². The van der Waals surface area contributed by atoms with Crippen molar-refractivity contribution in [1.29, 1.82) is 0 Å². The Labute approximate surface area is 79.4 Å². The van der Waals surface area contributed by atoms with Crippen LogP contribution >= 0.6 is 0 Å². The van der Waals surface area contributed by atoms with E-state index in [1.807, 2.05) is 0 Å². The third-order valence-corrected chi connectivity index (χ3v) is 1.82. The van der Waals surface area contributed by atoms with Crippen LogP contribution in [0.5, 0.6) is 0 Å². The van der Waals surface area contributed by atoms with Gasteiger partial charge < -0.3 is 10.2 Å². The first-order valence-corrected chi connectivity index (χ1v) is 4.85. The van der Waals surface area contributed by atoms with Crippen molar-refractivity contribution in [3.8, 4) is 0 Å². The summed E-state index contributed by atoms with van der Waals surface area (Å²) >= 11 is 0. The molecule has 0 aliphatic carbocycles. The Morgan fingerprint density at radius 2 is 1.79 bits per heavy atom. The molecule has 0 bridgehead atoms. The van der Waals surface area contributed by atoms with Gasteiger partial charge in [-0.1, -0.05) is 0 Å². The molecule has 0 unspecified atom stereocenters. The number of hydrogen-bond donors (Lipinski definition) is 4. The third-order valence-electron chi connectivity index (χ3n) is 1.24. The van der Waals surface area contributed by atoms with Crippen LogP contribution < -0.4 is 4.72 Å². The van der Waals surface area contributed by atoms with E-state index in [1.54, 1.807) is 0 Å². The molecule has 0 aromatic heterocycles. The summed E-state index contributed by atoms with van der Waals surface area (Å²) in [6, 6.07) is -1.64. The van der Waals surface area contributed by atoms with Gasteiger partial charge in [0, 0.05) is 6.42 Å². The largest absolute Gasteiger partial charge is 0.481 e. The number of carbonyl (C=O) groups is 2. The van der Waals surface area contributed by atoms with Crippen LogP contribution in [0.4, 0.5) is 0 Å². The lowest BCUT2D eigenvalue weighted by molar-refractivity contribution is -0.140. The van der Waals surface area contributed by atoms with E-state index in [9.17, 15) is 18.0 Å². The normalized spacial score (nSPS) is 13.5. The lowest BCUT2D eigenvalue weighted by Crippen LogP contribution is -2.40. The van der Waals surface area contributed by atoms with Crippen LogP contribution in [0.3, 0.4) is 0 Å². The maximum Gasteiger partial charge on any atom is 0.334 e. The molecule has 0 aromatic rings. The van der Waals surface area contributed by atoms with Gasteiger partial charge in [0.25, 0.3) is 0 Å². The van der Waals surface area contributed by atoms with Crippen molar-refractivity contribution >= 4 is 22.2 Å². The van der Waals surface area contributed by atoms with E-state index < -0.39 is 41.1 Å². The summed E-state index contributed by atoms with van der Waals surface area (Å²) in [7, 11) is -4.64. The molecule has 0 aliphatic heterocycles. The topological polar surface area (TPSA) is 141 Å². The molecule has 1 atom stereocenters. The van der Waals surface area contributed by atoms with Crippen LogP contribution in [0.25, 0.3) is 0 Å². The molecule has 0 spiro atoms. The molecule has 4 N–H and O–H groups in total. The summed E-state index contributed by atoms with van der Waals surface area (Å²) in [5, 5.41) is 16.6. The van der Waals surface area contributed by atoms with E-state index in [0.29, 0.717) is 0 Å². The summed E-state index contributed by atoms with van der Waals surface area (Å²) < 4.78 is 30.1. The number of rotatable bonds is 6. The van der Waals surface area contributed by atoms with Gasteiger partial charge in [-0.15, -0.1) is 0 Å². The van der Waals surface area contributed by atoms with Crippen molar-refractivity contribution in [2.45, 2.75) is 18.9 Å². The maximum atomic E-state index is 10.4. The van der Waals surface area contributed by atoms with Gasteiger partial charge in [0.15, 0.2) is 0 Å². The zero-order valence-electron chi connectivity index (χ0n) is 6.87. The summed E-state index contributed by atoms with van der Waals surface area (Å²) in [4.78, 5) is 20.4. The summed E-state index contributed by atoms with van der Waals surface area (Å²) in [5.41, 5.74) is 0. The van der Waals surface area contributed by atoms with Gasteiger partial charge >= 0.3 is 22.2 Å². The van der Waals surface area contributed by atoms with Crippen LogP contribution in [-0.4, -0.2) is 41.2 Å². The van der Waals surface area contributed by atoms with Gasteiger partial charge in [-0.05, 0) is 6.42 Å². The molecular formula is C5H9NO7S. The number of hydrogen-bond acceptors (Lipinski definition) is 4. The first-order chi connectivity index (χ1) is 6.22. The lowest BCUT2D eigenvalue weighted by atomic mass is 10.2. The summed E-state index contributed by atoms with van der Waals surface area (Å²) in [5.74, 6) is -2.81. The van der Waals surface area contributed by atoms with Gasteiger partial charge in [-0.3, -0.25) is 14.1 Å². The highest BCUT2D eigenvalue weighted by atomic mass is 32.2. The number of nitrogens with one attached hydrogen (secondary N) is 1. The first-order valence-electron chi connectivity index (χ1n) is 3.41. The van der Waals surface area contributed by atoms with Crippen molar-refractivity contribution in [2.75, 3.05) is 0 Å². The lowest BCUT2D eigenvalue weighted by Gasteiger charge is -2.09. The molecule has 8 nitrogen and oxygen atoms in total. The Kier molecular flexibility index (Phi) is 4.47. The average molecular weight is 227 g/mol. The predicted molar refractivity (Wildman–Crippen MR) is 43.0 cm³/mol. The van der Waals surface area contributed by atoms with Gasteiger partial charge in [0.1, 0.15) is 6.04 Å². The van der Waals surface area contributed by atoms with Crippen LogP contribution in [0.1, 0.15) is 12.8 Å². The van der Waals surface area contributed by atoms with Crippen LogP contribution in [0, 0.1) is 0 Å². The van der Waals surface area contributed by atoms with Crippen LogP contribution in [0.2, 0.25) is 0 Å². The second-order valence-electron chi connectivity index (χ2n) is 2.42. The van der Waals surface area contributed by atoms with Crippen molar-refractivity contribution in [3.05, 3.63) is 0 Å². The van der Waals surface area contributed by atoms with E-state index in [1.165, 1.54) is 4.72 Å². The molecule has 0 radical (unpaired) electrons.